The van der Waals surface area contributed by atoms with Gasteiger partial charge in [0.25, 0.3) is 0 Å². The Morgan fingerprint density at radius 3 is 3.04 bits per heavy atom. The molecule has 3 aromatic rings. The Labute approximate surface area is 143 Å². The maximum absolute atomic E-state index is 13.7. The number of rotatable bonds is 4. The number of anilines is 1. The van der Waals surface area contributed by atoms with Crippen LogP contribution < -0.4 is 5.32 Å². The summed E-state index contributed by atoms with van der Waals surface area (Å²) in [6, 6.07) is 4.47. The van der Waals surface area contributed by atoms with Crippen LogP contribution in [0.1, 0.15) is 0 Å². The molecule has 1 aromatic carbocycles. The second-order valence-electron chi connectivity index (χ2n) is 4.65. The molecule has 2 heterocycles. The third-order valence-electron chi connectivity index (χ3n) is 3.04. The predicted molar refractivity (Wildman–Crippen MR) is 89.8 cm³/mol. The number of halogens is 2. The minimum absolute atomic E-state index is 0.108. The Balaban J connectivity index is 1.68. The van der Waals surface area contributed by atoms with Crippen LogP contribution in [0.3, 0.4) is 0 Å². The molecule has 1 amide bonds. The number of carbonyl (C=O) groups is 1. The number of thioether (sulfide) groups is 1. The van der Waals surface area contributed by atoms with E-state index in [1.54, 1.807) is 24.0 Å². The molecule has 118 valence electrons. The van der Waals surface area contributed by atoms with Crippen molar-refractivity contribution in [1.29, 1.82) is 0 Å². The van der Waals surface area contributed by atoms with Gasteiger partial charge in [-0.3, -0.25) is 9.48 Å². The minimum atomic E-state index is -0.491. The average molecular weight is 396 g/mol. The fourth-order valence-electron chi connectivity index (χ4n) is 1.97. The monoisotopic (exact) mass is 395 g/mol. The first-order valence-electron chi connectivity index (χ1n) is 6.55. The van der Waals surface area contributed by atoms with E-state index in [4.69, 9.17) is 0 Å². The molecule has 0 radical (unpaired) electrons. The number of aryl methyl sites for hydroxylation is 1. The highest BCUT2D eigenvalue weighted by atomic mass is 79.9. The van der Waals surface area contributed by atoms with Crippen molar-refractivity contribution < 1.29 is 9.18 Å². The van der Waals surface area contributed by atoms with Crippen molar-refractivity contribution in [3.05, 3.63) is 41.0 Å². The number of aromatic nitrogens is 4. The van der Waals surface area contributed by atoms with E-state index in [-0.39, 0.29) is 17.3 Å². The van der Waals surface area contributed by atoms with E-state index in [1.807, 2.05) is 0 Å². The van der Waals surface area contributed by atoms with Gasteiger partial charge in [0.15, 0.2) is 5.65 Å². The maximum atomic E-state index is 13.7. The van der Waals surface area contributed by atoms with E-state index >= 15 is 0 Å². The lowest BCUT2D eigenvalue weighted by Gasteiger charge is -2.06. The first-order valence-corrected chi connectivity index (χ1v) is 8.33. The van der Waals surface area contributed by atoms with E-state index < -0.39 is 5.82 Å². The fraction of sp³-hybridized carbons (Fsp3) is 0.143. The zero-order valence-corrected chi connectivity index (χ0v) is 14.4. The van der Waals surface area contributed by atoms with Gasteiger partial charge in [0.2, 0.25) is 5.91 Å². The third-order valence-corrected chi connectivity index (χ3v) is 4.54. The quantitative estimate of drug-likeness (QED) is 0.542. The normalized spacial score (nSPS) is 10.9. The van der Waals surface area contributed by atoms with Crippen LogP contribution >= 0.6 is 27.7 Å². The molecule has 0 unspecified atom stereocenters. The summed E-state index contributed by atoms with van der Waals surface area (Å²) in [5.74, 6) is -0.697. The zero-order chi connectivity index (χ0) is 16.4. The van der Waals surface area contributed by atoms with Crippen LogP contribution in [-0.4, -0.2) is 31.4 Å². The Morgan fingerprint density at radius 2 is 2.26 bits per heavy atom. The summed E-state index contributed by atoms with van der Waals surface area (Å²) in [5.41, 5.74) is 0.842. The van der Waals surface area contributed by atoms with Gasteiger partial charge in [0, 0.05) is 11.5 Å². The highest BCUT2D eigenvalue weighted by Gasteiger charge is 2.12. The molecule has 0 aliphatic carbocycles. The lowest BCUT2D eigenvalue weighted by atomic mass is 10.3. The molecule has 23 heavy (non-hydrogen) atoms. The van der Waals surface area contributed by atoms with Gasteiger partial charge in [-0.1, -0.05) is 27.7 Å². The van der Waals surface area contributed by atoms with E-state index in [0.717, 1.165) is 5.39 Å². The summed E-state index contributed by atoms with van der Waals surface area (Å²) in [6.07, 6.45) is 3.09. The molecule has 0 spiro atoms. The van der Waals surface area contributed by atoms with Crippen LogP contribution in [0.25, 0.3) is 11.0 Å². The summed E-state index contributed by atoms with van der Waals surface area (Å²) in [5, 5.41) is 8.10. The molecule has 1 N–H and O–H groups in total. The van der Waals surface area contributed by atoms with Crippen molar-refractivity contribution in [2.75, 3.05) is 11.1 Å². The van der Waals surface area contributed by atoms with Gasteiger partial charge in [-0.05, 0) is 18.2 Å². The fourth-order valence-corrected chi connectivity index (χ4v) is 3.06. The summed E-state index contributed by atoms with van der Waals surface area (Å²) < 4.78 is 16.0. The van der Waals surface area contributed by atoms with Crippen LogP contribution in [0.15, 0.2) is 40.2 Å². The van der Waals surface area contributed by atoms with Crippen LogP contribution in [0.4, 0.5) is 10.1 Å². The van der Waals surface area contributed by atoms with Crippen molar-refractivity contribution in [2.24, 2.45) is 7.05 Å². The van der Waals surface area contributed by atoms with Gasteiger partial charge in [0.05, 0.1) is 23.0 Å². The molecule has 0 saturated carbocycles. The summed E-state index contributed by atoms with van der Waals surface area (Å²) in [4.78, 5) is 20.3. The number of hydrogen-bond acceptors (Lipinski definition) is 5. The smallest absolute Gasteiger partial charge is 0.234 e. The van der Waals surface area contributed by atoms with E-state index in [2.05, 4.69) is 36.3 Å². The lowest BCUT2D eigenvalue weighted by Crippen LogP contribution is -2.15. The van der Waals surface area contributed by atoms with Crippen LogP contribution in [0, 0.1) is 5.82 Å². The van der Waals surface area contributed by atoms with Gasteiger partial charge in [-0.25, -0.2) is 14.4 Å². The number of benzene rings is 1. The Kier molecular flexibility index (Phi) is 4.58. The summed E-state index contributed by atoms with van der Waals surface area (Å²) in [7, 11) is 1.78. The molecule has 0 saturated heterocycles. The van der Waals surface area contributed by atoms with E-state index in [0.29, 0.717) is 15.1 Å². The first kappa shape index (κ1) is 15.9. The van der Waals surface area contributed by atoms with Gasteiger partial charge in [-0.15, -0.1) is 0 Å². The highest BCUT2D eigenvalue weighted by molar-refractivity contribution is 9.10. The van der Waals surface area contributed by atoms with Crippen molar-refractivity contribution in [3.8, 4) is 0 Å². The van der Waals surface area contributed by atoms with Crippen molar-refractivity contribution in [3.63, 3.8) is 0 Å². The minimum Gasteiger partial charge on any atom is -0.323 e. The number of amides is 1. The van der Waals surface area contributed by atoms with Crippen LogP contribution in [-0.2, 0) is 11.8 Å². The molecule has 9 heteroatoms. The van der Waals surface area contributed by atoms with Gasteiger partial charge in [0.1, 0.15) is 17.2 Å². The molecule has 0 aliphatic rings. The second kappa shape index (κ2) is 6.63. The Morgan fingerprint density at radius 1 is 1.43 bits per heavy atom. The lowest BCUT2D eigenvalue weighted by molar-refractivity contribution is -0.113. The standard InChI is InChI=1S/C14H11BrFN5OS/c1-21-13-9(5-19-21)14(18-7-17-13)23-6-12(22)20-11-3-2-8(15)4-10(11)16/h2-5,7H,6H2,1H3,(H,20,22). The number of fused-ring (bicyclic) bond motifs is 1. The van der Waals surface area contributed by atoms with Crippen LogP contribution in [0.5, 0.6) is 0 Å². The largest absolute Gasteiger partial charge is 0.323 e. The maximum Gasteiger partial charge on any atom is 0.234 e. The topological polar surface area (TPSA) is 72.7 Å². The van der Waals surface area contributed by atoms with E-state index in [1.165, 1.54) is 30.2 Å². The van der Waals surface area contributed by atoms with Crippen molar-refractivity contribution >= 4 is 50.3 Å². The molecule has 0 bridgehead atoms. The third kappa shape index (κ3) is 3.50. The molecular weight excluding hydrogens is 385 g/mol. The highest BCUT2D eigenvalue weighted by Crippen LogP contribution is 2.24. The van der Waals surface area contributed by atoms with E-state index in [9.17, 15) is 9.18 Å². The molecule has 0 aliphatic heterocycles. The summed E-state index contributed by atoms with van der Waals surface area (Å²) in [6.45, 7) is 0. The first-order chi connectivity index (χ1) is 11.0. The molecule has 6 nitrogen and oxygen atoms in total. The van der Waals surface area contributed by atoms with Gasteiger partial charge >= 0.3 is 0 Å². The molecule has 0 fully saturated rings. The predicted octanol–water partition coefficient (Wildman–Crippen LogP) is 3.00. The van der Waals surface area contributed by atoms with Gasteiger partial charge in [-0.2, -0.15) is 5.10 Å². The number of carbonyl (C=O) groups excluding carboxylic acids is 1. The molecule has 3 rings (SSSR count). The SMILES string of the molecule is Cn1ncc2c(SCC(=O)Nc3ccc(Br)cc3F)ncnc21. The summed E-state index contributed by atoms with van der Waals surface area (Å²) >= 11 is 4.42. The molecular formula is C14H11BrFN5OS. The molecule has 0 atom stereocenters. The Bertz CT molecular complexity index is 885. The number of nitrogens with zero attached hydrogens (tertiary/aromatic N) is 4. The van der Waals surface area contributed by atoms with Gasteiger partial charge < -0.3 is 5.32 Å². The average Bonchev–Trinajstić information content (AvgIpc) is 2.90. The van der Waals surface area contributed by atoms with Crippen molar-refractivity contribution in [1.82, 2.24) is 19.7 Å². The van der Waals surface area contributed by atoms with Crippen LogP contribution in [0.2, 0.25) is 0 Å². The Hall–Kier alpha value is -2.00. The number of nitrogens with one attached hydrogen (secondary N) is 1. The number of hydrogen-bond donors (Lipinski definition) is 1. The second-order valence-corrected chi connectivity index (χ2v) is 6.53. The molecule has 2 aromatic heterocycles. The zero-order valence-electron chi connectivity index (χ0n) is 12.0. The van der Waals surface area contributed by atoms with Crippen molar-refractivity contribution in [2.45, 2.75) is 5.03 Å².